The van der Waals surface area contributed by atoms with Crippen molar-refractivity contribution in [2.24, 2.45) is 0 Å². The zero-order valence-corrected chi connectivity index (χ0v) is 21.7. The molecule has 1 aromatic heterocycles. The van der Waals surface area contributed by atoms with Crippen molar-refractivity contribution in [2.75, 3.05) is 11.9 Å². The van der Waals surface area contributed by atoms with Crippen molar-refractivity contribution in [1.82, 2.24) is 0 Å². The molecule has 7 heteroatoms. The first-order valence-corrected chi connectivity index (χ1v) is 12.7. The molecule has 1 heterocycles. The van der Waals surface area contributed by atoms with E-state index in [1.165, 1.54) is 12.1 Å². The van der Waals surface area contributed by atoms with Crippen molar-refractivity contribution in [3.05, 3.63) is 93.2 Å². The van der Waals surface area contributed by atoms with Crippen LogP contribution in [0.4, 0.5) is 5.69 Å². The quantitative estimate of drug-likeness (QED) is 0.167. The van der Waals surface area contributed by atoms with Crippen LogP contribution in [0.5, 0.6) is 5.75 Å². The van der Waals surface area contributed by atoms with Crippen LogP contribution in [0, 0.1) is 6.92 Å². The highest BCUT2D eigenvalue weighted by atomic mass is 35.5. The molecule has 0 bridgehead atoms. The number of benzene rings is 3. The molecule has 4 rings (SSSR count). The topological polar surface area (TPSA) is 68.5 Å². The molecule has 0 aliphatic carbocycles. The van der Waals surface area contributed by atoms with Gasteiger partial charge in [-0.1, -0.05) is 91.3 Å². The summed E-state index contributed by atoms with van der Waals surface area (Å²) in [5, 5.41) is 3.95. The summed E-state index contributed by atoms with van der Waals surface area (Å²) in [6, 6.07) is 17.3. The third-order valence-electron chi connectivity index (χ3n) is 5.86. The highest BCUT2D eigenvalue weighted by Gasteiger charge is 2.24. The van der Waals surface area contributed by atoms with Gasteiger partial charge in [-0.15, -0.1) is 0 Å². The number of para-hydroxylation sites is 1. The summed E-state index contributed by atoms with van der Waals surface area (Å²) in [6.45, 7) is 4.59. The standard InChI is InChI=1S/C29H27Cl2NO4/c1-3-4-5-8-15-35-27-22(30)16-20(17-23(27)31)29(34)32-25-21-9-6-7-10-24(21)36-28(25)26(33)19-13-11-18(2)12-14-19/h6-7,9-14,16-17H,3-5,8,15H2,1-2H3,(H,32,34). The Labute approximate surface area is 220 Å². The second-order valence-corrected chi connectivity index (χ2v) is 9.44. The van der Waals surface area contributed by atoms with E-state index in [2.05, 4.69) is 12.2 Å². The normalized spacial score (nSPS) is 11.0. The van der Waals surface area contributed by atoms with Gasteiger partial charge in [0.05, 0.1) is 22.3 Å². The number of ketones is 1. The van der Waals surface area contributed by atoms with Crippen LogP contribution in [-0.2, 0) is 0 Å². The van der Waals surface area contributed by atoms with E-state index < -0.39 is 5.91 Å². The van der Waals surface area contributed by atoms with Crippen LogP contribution in [0.2, 0.25) is 10.0 Å². The third kappa shape index (κ3) is 5.75. The first kappa shape index (κ1) is 25.8. The Kier molecular flexibility index (Phi) is 8.34. The molecule has 186 valence electrons. The van der Waals surface area contributed by atoms with E-state index in [1.54, 1.807) is 30.3 Å². The number of ether oxygens (including phenoxy) is 1. The summed E-state index contributed by atoms with van der Waals surface area (Å²) in [5.74, 6) is -0.393. The molecule has 0 saturated carbocycles. The maximum Gasteiger partial charge on any atom is 0.255 e. The third-order valence-corrected chi connectivity index (χ3v) is 6.42. The van der Waals surface area contributed by atoms with Gasteiger partial charge in [-0.3, -0.25) is 9.59 Å². The number of hydrogen-bond donors (Lipinski definition) is 1. The summed E-state index contributed by atoms with van der Waals surface area (Å²) in [7, 11) is 0. The van der Waals surface area contributed by atoms with Crippen LogP contribution in [0.1, 0.15) is 64.6 Å². The number of unbranched alkanes of at least 4 members (excludes halogenated alkanes) is 3. The van der Waals surface area contributed by atoms with Gasteiger partial charge in [0.15, 0.2) is 11.5 Å². The zero-order chi connectivity index (χ0) is 25.7. The zero-order valence-electron chi connectivity index (χ0n) is 20.2. The molecule has 5 nitrogen and oxygen atoms in total. The molecule has 4 aromatic rings. The second kappa shape index (κ2) is 11.6. The van der Waals surface area contributed by atoms with E-state index in [1.807, 2.05) is 25.1 Å². The fraction of sp³-hybridized carbons (Fsp3) is 0.241. The van der Waals surface area contributed by atoms with Gasteiger partial charge in [-0.2, -0.15) is 0 Å². The van der Waals surface area contributed by atoms with Gasteiger partial charge >= 0.3 is 0 Å². The van der Waals surface area contributed by atoms with Crippen molar-refractivity contribution in [2.45, 2.75) is 39.5 Å². The lowest BCUT2D eigenvalue weighted by molar-refractivity contribution is 0.101. The number of amides is 1. The molecule has 0 atom stereocenters. The van der Waals surface area contributed by atoms with Gasteiger partial charge in [0.25, 0.3) is 5.91 Å². The van der Waals surface area contributed by atoms with Crippen molar-refractivity contribution in [3.8, 4) is 5.75 Å². The summed E-state index contributed by atoms with van der Waals surface area (Å²) < 4.78 is 11.6. The Hall–Kier alpha value is -3.28. The maximum absolute atomic E-state index is 13.3. The van der Waals surface area contributed by atoms with E-state index in [9.17, 15) is 9.59 Å². The van der Waals surface area contributed by atoms with Gasteiger partial charge < -0.3 is 14.5 Å². The fourth-order valence-electron chi connectivity index (χ4n) is 3.88. The van der Waals surface area contributed by atoms with E-state index in [-0.39, 0.29) is 27.2 Å². The Balaban J connectivity index is 1.60. The Bertz CT molecular complexity index is 1370. The molecule has 0 unspecified atom stereocenters. The van der Waals surface area contributed by atoms with Crippen molar-refractivity contribution in [1.29, 1.82) is 0 Å². The van der Waals surface area contributed by atoms with Gasteiger partial charge in [-0.05, 0) is 37.6 Å². The predicted octanol–water partition coefficient (Wildman–Crippen LogP) is 8.49. The van der Waals surface area contributed by atoms with E-state index in [4.69, 9.17) is 32.4 Å². The number of anilines is 1. The lowest BCUT2D eigenvalue weighted by Gasteiger charge is -2.12. The SMILES string of the molecule is CCCCCCOc1c(Cl)cc(C(=O)Nc2c(C(=O)c3ccc(C)cc3)oc3ccccc23)cc1Cl. The monoisotopic (exact) mass is 523 g/mol. The number of halogens is 2. The number of furan rings is 1. The van der Waals surface area contributed by atoms with Gasteiger partial charge in [0, 0.05) is 16.5 Å². The van der Waals surface area contributed by atoms with Crippen LogP contribution >= 0.6 is 23.2 Å². The first-order valence-electron chi connectivity index (χ1n) is 11.9. The van der Waals surface area contributed by atoms with Crippen LogP contribution in [-0.4, -0.2) is 18.3 Å². The van der Waals surface area contributed by atoms with Crippen LogP contribution < -0.4 is 10.1 Å². The average molecular weight is 524 g/mol. The minimum Gasteiger partial charge on any atom is -0.490 e. The van der Waals surface area contributed by atoms with Crippen molar-refractivity contribution in [3.63, 3.8) is 0 Å². The number of carbonyl (C=O) groups excluding carboxylic acids is 2. The minimum absolute atomic E-state index is 0.0534. The molecular formula is C29H27Cl2NO4. The largest absolute Gasteiger partial charge is 0.490 e. The molecule has 36 heavy (non-hydrogen) atoms. The summed E-state index contributed by atoms with van der Waals surface area (Å²) in [5.41, 5.74) is 2.52. The van der Waals surface area contributed by atoms with Crippen LogP contribution in [0.3, 0.4) is 0 Å². The highest BCUT2D eigenvalue weighted by Crippen LogP contribution is 2.36. The molecule has 0 spiro atoms. The summed E-state index contributed by atoms with van der Waals surface area (Å²) in [4.78, 5) is 26.5. The van der Waals surface area contributed by atoms with Gasteiger partial charge in [0.1, 0.15) is 5.58 Å². The van der Waals surface area contributed by atoms with Crippen molar-refractivity contribution >= 4 is 51.5 Å². The van der Waals surface area contributed by atoms with E-state index >= 15 is 0 Å². The van der Waals surface area contributed by atoms with E-state index in [0.29, 0.717) is 34.6 Å². The lowest BCUT2D eigenvalue weighted by Crippen LogP contribution is -2.14. The number of fused-ring (bicyclic) bond motifs is 1. The molecular weight excluding hydrogens is 497 g/mol. The summed E-state index contributed by atoms with van der Waals surface area (Å²) >= 11 is 12.8. The first-order chi connectivity index (χ1) is 17.4. The van der Waals surface area contributed by atoms with Crippen LogP contribution in [0.25, 0.3) is 11.0 Å². The number of nitrogens with one attached hydrogen (secondary N) is 1. The number of carbonyl (C=O) groups is 2. The molecule has 1 N–H and O–H groups in total. The summed E-state index contributed by atoms with van der Waals surface area (Å²) in [6.07, 6.45) is 4.24. The average Bonchev–Trinajstić information content (AvgIpc) is 3.23. The fourth-order valence-corrected chi connectivity index (χ4v) is 4.48. The van der Waals surface area contributed by atoms with Crippen molar-refractivity contribution < 1.29 is 18.7 Å². The molecule has 0 aliphatic heterocycles. The molecule has 0 saturated heterocycles. The Morgan fingerprint density at radius 1 is 0.917 bits per heavy atom. The molecule has 0 radical (unpaired) electrons. The second-order valence-electron chi connectivity index (χ2n) is 8.63. The molecule has 0 fully saturated rings. The Morgan fingerprint density at radius 3 is 2.31 bits per heavy atom. The number of rotatable bonds is 10. The highest BCUT2D eigenvalue weighted by molar-refractivity contribution is 6.38. The van der Waals surface area contributed by atoms with Crippen LogP contribution in [0.15, 0.2) is 65.1 Å². The number of hydrogen-bond acceptors (Lipinski definition) is 4. The maximum atomic E-state index is 13.3. The molecule has 3 aromatic carbocycles. The Morgan fingerprint density at radius 2 is 1.61 bits per heavy atom. The predicted molar refractivity (Wildman–Crippen MR) is 145 cm³/mol. The molecule has 1 amide bonds. The minimum atomic E-state index is -0.474. The van der Waals surface area contributed by atoms with E-state index in [0.717, 1.165) is 31.2 Å². The number of aryl methyl sites for hydroxylation is 1. The van der Waals surface area contributed by atoms with Gasteiger partial charge in [0.2, 0.25) is 5.78 Å². The smallest absolute Gasteiger partial charge is 0.255 e. The molecule has 0 aliphatic rings. The van der Waals surface area contributed by atoms with Gasteiger partial charge in [-0.25, -0.2) is 0 Å². The lowest BCUT2D eigenvalue weighted by atomic mass is 10.1.